The predicted octanol–water partition coefficient (Wildman–Crippen LogP) is 29.3. The Bertz CT molecular complexity index is 6320. The minimum absolute atomic E-state index is 0. The van der Waals surface area contributed by atoms with E-state index in [0.717, 1.165) is 86.3 Å². The largest absolute Gasteiger partial charge is 0.497 e. The smallest absolute Gasteiger partial charge is 0.311 e. The molecule has 16 nitrogen and oxygen atoms in total. The fraction of sp³-hybridized carbons (Fsp3) is 0.0755. The van der Waals surface area contributed by atoms with E-state index in [2.05, 4.69) is 6.07 Å². The molecular weight excluding hydrogens is 1820 g/mol. The number of nitriles is 1. The van der Waals surface area contributed by atoms with Crippen LogP contribution in [0.3, 0.4) is 0 Å². The maximum Gasteiger partial charge on any atom is 0.311 e. The van der Waals surface area contributed by atoms with Gasteiger partial charge in [-0.3, -0.25) is 43.7 Å². The van der Waals surface area contributed by atoms with E-state index in [0.29, 0.717) is 44.1 Å². The molecule has 131 heavy (non-hydrogen) atoms. The van der Waals surface area contributed by atoms with E-state index < -0.39 is 4.92 Å². The second kappa shape index (κ2) is 56.3. The molecule has 0 saturated carbocycles. The van der Waals surface area contributed by atoms with Crippen molar-refractivity contribution in [1.82, 2.24) is 0 Å². The van der Waals surface area contributed by atoms with Crippen molar-refractivity contribution in [3.05, 3.63) is 458 Å². The summed E-state index contributed by atoms with van der Waals surface area (Å²) in [5.74, 6) is 2.69. The van der Waals surface area contributed by atoms with Gasteiger partial charge in [0.1, 0.15) is 23.9 Å². The zero-order chi connectivity index (χ0) is 92.6. The summed E-state index contributed by atoms with van der Waals surface area (Å²) in [5, 5.41) is 33.8. The van der Waals surface area contributed by atoms with E-state index >= 15 is 0 Å². The SMILES string of the molecule is C.CCOc1ccc(/C=C/C(=O)c2cccs2)cc1.CN(C)c1ccc(/C=C/C(=O)c2cccs2)cc1.COc1ccc(/C=C/C(=O)c2cccs2)cc1.COc1ccc(/C=C/C(=O)c2cccs2)cc1[N+](=O)[O-].N#Cc1ccc(/C=C/C(=O)c2cccs2)cc1.O=C(/C=C/c1ccc(Cl)cc1Cl)c1cccs1.O=C(/C=C/c1ccc(OCc2ccccc2)cc1)c1cccs1. The van der Waals surface area contributed by atoms with Crippen LogP contribution in [0, 0.1) is 21.4 Å². The standard InChI is InChI=1S/C20H16O2S.C15H15NOS.C15H14O2S.C14H11NO4S.C14H9NOS.C14H12O2S.C13H8Cl2OS.CH4/c21-19(20-7-4-14-23-20)13-10-16-8-11-18(12-9-16)22-15-17-5-2-1-3-6-17;1-16(2)13-8-5-12(6-9-13)7-10-14(17)15-4-3-11-18-15;1-2-17-13-8-5-12(6-9-13)7-10-14(16)15-4-3-11-18-15;1-19-13-7-5-10(9-11(13)15(17)18)4-6-12(16)14-3-2-8-20-14;15-10-12-5-3-11(4-6-12)7-8-13(16)14-2-1-9-17-14;1-16-12-7-4-11(5-8-12)6-9-13(15)14-3-2-10-17-14;14-10-5-3-9(11(15)8-10)4-6-12(16)13-2-1-7-17-13;/h1-14H,15H2;3-11H,1-2H3;3-11H,2H2,1H3;2-9H,1H3;1-9H;2-10H,1H3;1-8H;1H4/b13-10+;2*10-7+;6-4+;8-7+;9-6+;6-4+;. The lowest BCUT2D eigenvalue weighted by Crippen LogP contribution is -2.07. The molecule has 15 aromatic rings. The number of ketones is 7. The molecule has 7 heterocycles. The maximum absolute atomic E-state index is 11.9. The summed E-state index contributed by atoms with van der Waals surface area (Å²) in [5.41, 5.74) is 9.02. The van der Waals surface area contributed by atoms with Crippen LogP contribution in [0.5, 0.6) is 23.0 Å². The molecule has 0 spiro atoms. The lowest BCUT2D eigenvalue weighted by atomic mass is 10.1. The monoisotopic (exact) mass is 1910 g/mol. The minimum Gasteiger partial charge on any atom is -0.497 e. The van der Waals surface area contributed by atoms with Crippen molar-refractivity contribution < 1.29 is 57.4 Å². The third kappa shape index (κ3) is 36.2. The van der Waals surface area contributed by atoms with E-state index in [-0.39, 0.29) is 59.3 Å². The molecular formula is C106H89Cl2N3O13S7. The van der Waals surface area contributed by atoms with Gasteiger partial charge in [0, 0.05) is 35.9 Å². The summed E-state index contributed by atoms with van der Waals surface area (Å²) < 4.78 is 21.1. The third-order valence-corrected chi connectivity index (χ3v) is 24.3. The molecule has 25 heteroatoms. The number of nitro benzene ring substituents is 1. The summed E-state index contributed by atoms with van der Waals surface area (Å²) in [6.45, 7) is 3.16. The average molecular weight is 1910 g/mol. The van der Waals surface area contributed by atoms with E-state index in [1.807, 2.05) is 288 Å². The number of anilines is 1. The van der Waals surface area contributed by atoms with Gasteiger partial charge >= 0.3 is 5.69 Å². The number of nitrogens with zero attached hydrogens (tertiary/aromatic N) is 3. The van der Waals surface area contributed by atoms with Gasteiger partial charge in [0.05, 0.1) is 71.5 Å². The van der Waals surface area contributed by atoms with Crippen LogP contribution in [-0.4, -0.2) is 80.3 Å². The fourth-order valence-electron chi connectivity index (χ4n) is 10.8. The summed E-state index contributed by atoms with van der Waals surface area (Å²) >= 11 is 21.8. The van der Waals surface area contributed by atoms with Crippen molar-refractivity contribution in [2.75, 3.05) is 39.8 Å². The Hall–Kier alpha value is -14.0. The van der Waals surface area contributed by atoms with E-state index in [9.17, 15) is 43.7 Å². The molecule has 0 atom stereocenters. The molecule has 7 aromatic heterocycles. The van der Waals surface area contributed by atoms with Crippen molar-refractivity contribution in [3.63, 3.8) is 0 Å². The number of halogens is 2. The molecule has 0 aliphatic heterocycles. The minimum atomic E-state index is -0.517. The van der Waals surface area contributed by atoms with Crippen LogP contribution in [0.1, 0.15) is 132 Å². The quantitative estimate of drug-likeness (QED) is 0.0176. The molecule has 8 aromatic carbocycles. The van der Waals surface area contributed by atoms with Gasteiger partial charge in [-0.25, -0.2) is 0 Å². The number of hydrogen-bond acceptors (Lipinski definition) is 22. The third-order valence-electron chi connectivity index (χ3n) is 17.6. The van der Waals surface area contributed by atoms with Crippen LogP contribution in [0.2, 0.25) is 10.0 Å². The van der Waals surface area contributed by atoms with Gasteiger partial charge in [0.2, 0.25) is 0 Å². The van der Waals surface area contributed by atoms with E-state index in [4.69, 9.17) is 47.4 Å². The van der Waals surface area contributed by atoms with Crippen LogP contribution in [0.15, 0.2) is 353 Å². The van der Waals surface area contributed by atoms with Gasteiger partial charge in [0.25, 0.3) is 0 Å². The zero-order valence-corrected chi connectivity index (χ0v) is 78.0. The van der Waals surface area contributed by atoms with Gasteiger partial charge in [-0.05, 0) is 259 Å². The molecule has 0 radical (unpaired) electrons. The number of hydrogen-bond donors (Lipinski definition) is 0. The molecule has 0 saturated heterocycles. The predicted molar refractivity (Wildman–Crippen MR) is 546 cm³/mol. The topological polar surface area (TPSA) is 227 Å². The van der Waals surface area contributed by atoms with Crippen LogP contribution in [0.25, 0.3) is 42.5 Å². The van der Waals surface area contributed by atoms with E-state index in [1.54, 1.807) is 116 Å². The highest BCUT2D eigenvalue weighted by atomic mass is 35.5. The Morgan fingerprint density at radius 2 is 0.702 bits per heavy atom. The highest BCUT2D eigenvalue weighted by molar-refractivity contribution is 7.14. The molecule has 15 rings (SSSR count). The number of allylic oxidation sites excluding steroid dienone is 7. The fourth-order valence-corrected chi connectivity index (χ4v) is 15.8. The zero-order valence-electron chi connectivity index (χ0n) is 70.8. The Morgan fingerprint density at radius 1 is 0.382 bits per heavy atom. The van der Waals surface area contributed by atoms with Gasteiger partial charge in [-0.1, -0.05) is 213 Å². The number of nitro groups is 1. The Morgan fingerprint density at radius 3 is 1.01 bits per heavy atom. The second-order valence-corrected chi connectivity index (χ2v) is 34.4. The number of methoxy groups -OCH3 is 2. The van der Waals surface area contributed by atoms with E-state index in [1.165, 1.54) is 111 Å². The Labute approximate surface area is 800 Å². The number of benzene rings is 8. The molecule has 0 fully saturated rings. The van der Waals surface area contributed by atoms with Crippen molar-refractivity contribution in [2.24, 2.45) is 0 Å². The second-order valence-electron chi connectivity index (χ2n) is 26.9. The summed E-state index contributed by atoms with van der Waals surface area (Å²) in [6, 6.07) is 85.6. The van der Waals surface area contributed by atoms with Gasteiger partial charge in [0.15, 0.2) is 46.2 Å². The van der Waals surface area contributed by atoms with Gasteiger partial charge < -0.3 is 23.8 Å². The van der Waals surface area contributed by atoms with Crippen molar-refractivity contribution >= 4 is 197 Å². The normalized spacial score (nSPS) is 10.6. The first-order chi connectivity index (χ1) is 63.1. The number of thiophene rings is 7. The molecule has 0 N–H and O–H groups in total. The molecule has 0 bridgehead atoms. The maximum atomic E-state index is 11.9. The van der Waals surface area contributed by atoms with Crippen LogP contribution in [-0.2, 0) is 6.61 Å². The number of rotatable bonds is 30. The van der Waals surface area contributed by atoms with Crippen molar-refractivity contribution in [2.45, 2.75) is 21.0 Å². The highest BCUT2D eigenvalue weighted by Crippen LogP contribution is 2.30. The number of carbonyl (C=O) groups excluding carboxylic acids is 7. The van der Waals surface area contributed by atoms with Crippen molar-refractivity contribution in [3.8, 4) is 29.1 Å². The average Bonchev–Trinajstić information content (AvgIpc) is 1.63. The Kier molecular flexibility index (Phi) is 44.0. The molecule has 0 aliphatic rings. The van der Waals surface area contributed by atoms with Crippen LogP contribution in [0.4, 0.5) is 11.4 Å². The summed E-state index contributed by atoms with van der Waals surface area (Å²) in [7, 11) is 7.01. The molecule has 662 valence electrons. The van der Waals surface area contributed by atoms with Crippen LogP contribution < -0.4 is 23.8 Å². The van der Waals surface area contributed by atoms with Gasteiger partial charge in [-0.2, -0.15) is 5.26 Å². The van der Waals surface area contributed by atoms with Gasteiger partial charge in [-0.15, -0.1) is 79.4 Å². The van der Waals surface area contributed by atoms with Crippen LogP contribution >= 0.6 is 103 Å². The lowest BCUT2D eigenvalue weighted by molar-refractivity contribution is -0.385. The first-order valence-corrected chi connectivity index (χ1v) is 46.6. The Balaban J connectivity index is 0.000000189. The molecule has 0 unspecified atom stereocenters. The van der Waals surface area contributed by atoms with Crippen molar-refractivity contribution in [1.29, 1.82) is 5.26 Å². The molecule has 0 aliphatic carbocycles. The lowest BCUT2D eigenvalue weighted by Gasteiger charge is -2.11. The highest BCUT2D eigenvalue weighted by Gasteiger charge is 2.16. The summed E-state index contributed by atoms with van der Waals surface area (Å²) in [6.07, 6.45) is 23.2. The number of ether oxygens (including phenoxy) is 4. The molecule has 0 amide bonds. The summed E-state index contributed by atoms with van der Waals surface area (Å²) in [4.78, 5) is 99.8. The number of carbonyl (C=O) groups is 7. The first kappa shape index (κ1) is 102. The first-order valence-electron chi connectivity index (χ1n) is 39.6.